The van der Waals surface area contributed by atoms with E-state index < -0.39 is 5.95 Å². The van der Waals surface area contributed by atoms with Crippen molar-refractivity contribution in [2.24, 2.45) is 5.73 Å². The van der Waals surface area contributed by atoms with Crippen molar-refractivity contribution in [3.05, 3.63) is 29.8 Å². The summed E-state index contributed by atoms with van der Waals surface area (Å²) in [7, 11) is 0. The molecule has 0 radical (unpaired) electrons. The van der Waals surface area contributed by atoms with E-state index in [-0.39, 0.29) is 18.4 Å². The summed E-state index contributed by atoms with van der Waals surface area (Å²) in [5.74, 6) is -0.475. The van der Waals surface area contributed by atoms with Crippen LogP contribution in [0.2, 0.25) is 0 Å². The molecule has 0 saturated carbocycles. The van der Waals surface area contributed by atoms with Gasteiger partial charge in [0.05, 0.1) is 0 Å². The Morgan fingerprint density at radius 3 is 2.64 bits per heavy atom. The topological polar surface area (TPSA) is 38.9 Å². The molecule has 0 aliphatic rings. The van der Waals surface area contributed by atoms with Gasteiger partial charge >= 0.3 is 0 Å². The third-order valence-electron chi connectivity index (χ3n) is 1.28. The highest BCUT2D eigenvalue weighted by molar-refractivity contribution is 5.85. The van der Waals surface area contributed by atoms with Crippen LogP contribution in [0.25, 0.3) is 0 Å². The Kier molecular flexibility index (Phi) is 4.00. The summed E-state index contributed by atoms with van der Waals surface area (Å²) >= 11 is 0. The van der Waals surface area contributed by atoms with Crippen molar-refractivity contribution in [2.75, 3.05) is 0 Å². The maximum Gasteiger partial charge on any atom is 0.217 e. The highest BCUT2D eigenvalue weighted by Crippen LogP contribution is 2.10. The lowest BCUT2D eigenvalue weighted by atomic mass is 10.1. The van der Waals surface area contributed by atoms with Crippen LogP contribution < -0.4 is 5.73 Å². The van der Waals surface area contributed by atoms with Gasteiger partial charge in [-0.05, 0) is 13.0 Å². The fourth-order valence-corrected chi connectivity index (χ4v) is 0.738. The van der Waals surface area contributed by atoms with Crippen LogP contribution in [0, 0.1) is 5.95 Å². The largest absolute Gasteiger partial charge is 0.324 e. The molecule has 0 fully saturated rings. The first-order valence-corrected chi connectivity index (χ1v) is 3.08. The zero-order valence-electron chi connectivity index (χ0n) is 6.12. The second-order valence-corrected chi connectivity index (χ2v) is 2.17. The molecule has 2 N–H and O–H groups in total. The molecular formula is C7H10ClFN2. The van der Waals surface area contributed by atoms with Crippen molar-refractivity contribution in [1.29, 1.82) is 0 Å². The van der Waals surface area contributed by atoms with Crippen LogP contribution in [0.15, 0.2) is 18.3 Å². The summed E-state index contributed by atoms with van der Waals surface area (Å²) in [5.41, 5.74) is 5.90. The number of hydrogen-bond acceptors (Lipinski definition) is 2. The molecule has 11 heavy (non-hydrogen) atoms. The Bertz CT molecular complexity index is 227. The molecule has 0 aliphatic heterocycles. The first-order chi connectivity index (χ1) is 4.72. The molecule has 1 atom stereocenters. The van der Waals surface area contributed by atoms with Crippen molar-refractivity contribution < 1.29 is 4.39 Å². The maximum absolute atomic E-state index is 12.6. The molecule has 1 aromatic rings. The molecule has 0 spiro atoms. The van der Waals surface area contributed by atoms with Gasteiger partial charge in [-0.25, -0.2) is 4.98 Å². The Morgan fingerprint density at radius 1 is 1.64 bits per heavy atom. The molecule has 0 amide bonds. The number of nitrogens with zero attached hydrogens (tertiary/aromatic N) is 1. The Morgan fingerprint density at radius 2 is 2.27 bits per heavy atom. The maximum atomic E-state index is 12.6. The van der Waals surface area contributed by atoms with Gasteiger partial charge in [0.15, 0.2) is 0 Å². The third-order valence-corrected chi connectivity index (χ3v) is 1.28. The van der Waals surface area contributed by atoms with Crippen molar-refractivity contribution in [3.63, 3.8) is 0 Å². The van der Waals surface area contributed by atoms with Crippen molar-refractivity contribution in [3.8, 4) is 0 Å². The van der Waals surface area contributed by atoms with Crippen LogP contribution >= 0.6 is 12.4 Å². The van der Waals surface area contributed by atoms with Gasteiger partial charge in [0.1, 0.15) is 0 Å². The quantitative estimate of drug-likeness (QED) is 0.661. The first-order valence-electron chi connectivity index (χ1n) is 3.08. The predicted molar refractivity (Wildman–Crippen MR) is 44.0 cm³/mol. The second kappa shape index (κ2) is 4.26. The van der Waals surface area contributed by atoms with Crippen LogP contribution in [-0.4, -0.2) is 4.98 Å². The SMILES string of the molecule is C[C@@H](N)c1cccnc1F.Cl. The van der Waals surface area contributed by atoms with Crippen LogP contribution in [0.1, 0.15) is 18.5 Å². The molecule has 1 rings (SSSR count). The van der Waals surface area contributed by atoms with E-state index in [0.717, 1.165) is 0 Å². The van der Waals surface area contributed by atoms with E-state index in [1.807, 2.05) is 0 Å². The minimum Gasteiger partial charge on any atom is -0.324 e. The first kappa shape index (κ1) is 10.3. The van der Waals surface area contributed by atoms with Gasteiger partial charge in [0.25, 0.3) is 0 Å². The average Bonchev–Trinajstić information content (AvgIpc) is 1.88. The molecule has 4 heteroatoms. The highest BCUT2D eigenvalue weighted by Gasteiger charge is 2.04. The summed E-state index contributed by atoms with van der Waals surface area (Å²) in [6, 6.07) is 3.02. The normalized spacial score (nSPS) is 11.9. The highest BCUT2D eigenvalue weighted by atomic mass is 35.5. The van der Waals surface area contributed by atoms with E-state index in [4.69, 9.17) is 5.73 Å². The number of pyridine rings is 1. The number of hydrogen-bond donors (Lipinski definition) is 1. The van der Waals surface area contributed by atoms with E-state index in [1.165, 1.54) is 6.20 Å². The summed E-state index contributed by atoms with van der Waals surface area (Å²) in [4.78, 5) is 3.45. The van der Waals surface area contributed by atoms with Gasteiger partial charge < -0.3 is 5.73 Å². The monoisotopic (exact) mass is 176 g/mol. The van der Waals surface area contributed by atoms with Crippen LogP contribution in [0.4, 0.5) is 4.39 Å². The van der Waals surface area contributed by atoms with Gasteiger partial charge in [-0.15, -0.1) is 12.4 Å². The molecule has 2 nitrogen and oxygen atoms in total. The molecule has 1 heterocycles. The molecule has 62 valence electrons. The van der Waals surface area contributed by atoms with Gasteiger partial charge in [-0.2, -0.15) is 4.39 Å². The lowest BCUT2D eigenvalue weighted by Gasteiger charge is -2.03. The van der Waals surface area contributed by atoms with Gasteiger partial charge in [0, 0.05) is 17.8 Å². The molecule has 0 aliphatic carbocycles. The lowest BCUT2D eigenvalue weighted by Crippen LogP contribution is -2.07. The smallest absolute Gasteiger partial charge is 0.217 e. The van der Waals surface area contributed by atoms with E-state index >= 15 is 0 Å². The van der Waals surface area contributed by atoms with Crippen molar-refractivity contribution >= 4 is 12.4 Å². The summed E-state index contributed by atoms with van der Waals surface area (Å²) in [5, 5.41) is 0. The van der Waals surface area contributed by atoms with Crippen LogP contribution in [-0.2, 0) is 0 Å². The minimum atomic E-state index is -0.475. The number of aromatic nitrogens is 1. The molecule has 0 aromatic carbocycles. The van der Waals surface area contributed by atoms with E-state index in [9.17, 15) is 4.39 Å². The third kappa shape index (κ3) is 2.44. The fraction of sp³-hybridized carbons (Fsp3) is 0.286. The van der Waals surface area contributed by atoms with E-state index in [2.05, 4.69) is 4.98 Å². The minimum absolute atomic E-state index is 0. The summed E-state index contributed by atoms with van der Waals surface area (Å²) in [6.07, 6.45) is 1.40. The Balaban J connectivity index is 0.000001000. The summed E-state index contributed by atoms with van der Waals surface area (Å²) < 4.78 is 12.6. The molecule has 0 unspecified atom stereocenters. The van der Waals surface area contributed by atoms with Gasteiger partial charge in [-0.3, -0.25) is 0 Å². The predicted octanol–water partition coefficient (Wildman–Crippen LogP) is 1.66. The Labute approximate surface area is 71.0 Å². The van der Waals surface area contributed by atoms with Crippen LogP contribution in [0.3, 0.4) is 0 Å². The molecular weight excluding hydrogens is 167 g/mol. The number of nitrogens with two attached hydrogens (primary N) is 1. The molecule has 0 bridgehead atoms. The van der Waals surface area contributed by atoms with Crippen molar-refractivity contribution in [2.45, 2.75) is 13.0 Å². The average molecular weight is 177 g/mol. The van der Waals surface area contributed by atoms with Gasteiger partial charge in [0.2, 0.25) is 5.95 Å². The fourth-order valence-electron chi connectivity index (χ4n) is 0.738. The van der Waals surface area contributed by atoms with E-state index in [1.54, 1.807) is 19.1 Å². The Hall–Kier alpha value is -0.670. The molecule has 1 aromatic heterocycles. The number of halogens is 2. The lowest BCUT2D eigenvalue weighted by molar-refractivity contribution is 0.553. The van der Waals surface area contributed by atoms with Crippen molar-refractivity contribution in [1.82, 2.24) is 4.98 Å². The standard InChI is InChI=1S/C7H9FN2.ClH/c1-5(9)6-3-2-4-10-7(6)8;/h2-5H,9H2,1H3;1H/t5-;/m1./s1. The second-order valence-electron chi connectivity index (χ2n) is 2.17. The van der Waals surface area contributed by atoms with E-state index in [0.29, 0.717) is 5.56 Å². The molecule has 0 saturated heterocycles. The van der Waals surface area contributed by atoms with Crippen LogP contribution in [0.5, 0.6) is 0 Å². The summed E-state index contributed by atoms with van der Waals surface area (Å²) in [6.45, 7) is 1.72. The zero-order chi connectivity index (χ0) is 7.56. The van der Waals surface area contributed by atoms with Gasteiger partial charge in [-0.1, -0.05) is 6.07 Å². The zero-order valence-corrected chi connectivity index (χ0v) is 6.94. The number of rotatable bonds is 1.